The third kappa shape index (κ3) is 4.39. The van der Waals surface area contributed by atoms with E-state index in [9.17, 15) is 0 Å². The highest BCUT2D eigenvalue weighted by Crippen LogP contribution is 2.22. The Hall–Kier alpha value is -0.930. The van der Waals surface area contributed by atoms with E-state index >= 15 is 0 Å². The summed E-state index contributed by atoms with van der Waals surface area (Å²) in [5.41, 5.74) is 6.84. The number of guanidine groups is 1. The SMILES string of the molecule is NC(=NCCCc1ccc(Cl)cc1Cl)NC1CC1. The molecule has 18 heavy (non-hydrogen) atoms. The van der Waals surface area contributed by atoms with Crippen molar-refractivity contribution in [3.63, 3.8) is 0 Å². The summed E-state index contributed by atoms with van der Waals surface area (Å²) in [5.74, 6) is 0.555. The standard InChI is InChI=1S/C13H17Cl2N3/c14-10-4-3-9(12(15)8-10)2-1-7-17-13(16)18-11-5-6-11/h3-4,8,11H,1-2,5-7H2,(H3,16,17,18). The minimum absolute atomic E-state index is 0.555. The maximum absolute atomic E-state index is 6.09. The Kier molecular flexibility index (Phi) is 4.72. The number of rotatable bonds is 5. The Bertz CT molecular complexity index is 442. The lowest BCUT2D eigenvalue weighted by Crippen LogP contribution is -2.33. The molecule has 0 amide bonds. The molecular formula is C13H17Cl2N3. The summed E-state index contributed by atoms with van der Waals surface area (Å²) in [6.07, 6.45) is 4.22. The summed E-state index contributed by atoms with van der Waals surface area (Å²) in [7, 11) is 0. The van der Waals surface area contributed by atoms with Crippen molar-refractivity contribution in [2.45, 2.75) is 31.7 Å². The zero-order chi connectivity index (χ0) is 13.0. The van der Waals surface area contributed by atoms with Crippen LogP contribution in [0.2, 0.25) is 10.0 Å². The Labute approximate surface area is 117 Å². The number of hydrogen-bond donors (Lipinski definition) is 2. The van der Waals surface area contributed by atoms with Gasteiger partial charge in [0, 0.05) is 22.6 Å². The van der Waals surface area contributed by atoms with Crippen molar-refractivity contribution < 1.29 is 0 Å². The molecule has 5 heteroatoms. The summed E-state index contributed by atoms with van der Waals surface area (Å²) in [6, 6.07) is 6.14. The monoisotopic (exact) mass is 285 g/mol. The number of nitrogens with zero attached hydrogens (tertiary/aromatic N) is 1. The van der Waals surface area contributed by atoms with Crippen LogP contribution < -0.4 is 11.1 Å². The number of aliphatic imine (C=N–C) groups is 1. The molecule has 98 valence electrons. The van der Waals surface area contributed by atoms with Crippen LogP contribution in [0.3, 0.4) is 0 Å². The molecule has 3 nitrogen and oxygen atoms in total. The van der Waals surface area contributed by atoms with E-state index in [2.05, 4.69) is 10.3 Å². The third-order valence-corrected chi connectivity index (χ3v) is 3.42. The normalized spacial score (nSPS) is 15.8. The van der Waals surface area contributed by atoms with Gasteiger partial charge in [0.25, 0.3) is 0 Å². The van der Waals surface area contributed by atoms with Crippen LogP contribution in [-0.4, -0.2) is 18.5 Å². The predicted molar refractivity (Wildman–Crippen MR) is 77.4 cm³/mol. The molecule has 1 aliphatic carbocycles. The van der Waals surface area contributed by atoms with Crippen LogP contribution in [0, 0.1) is 0 Å². The predicted octanol–water partition coefficient (Wildman–Crippen LogP) is 2.99. The third-order valence-electron chi connectivity index (χ3n) is 2.83. The molecule has 0 unspecified atom stereocenters. The van der Waals surface area contributed by atoms with Crippen LogP contribution in [0.1, 0.15) is 24.8 Å². The van der Waals surface area contributed by atoms with Crippen molar-refractivity contribution in [1.82, 2.24) is 5.32 Å². The van der Waals surface area contributed by atoms with E-state index in [1.54, 1.807) is 6.07 Å². The molecular weight excluding hydrogens is 269 g/mol. The van der Waals surface area contributed by atoms with Gasteiger partial charge in [0.1, 0.15) is 0 Å². The van der Waals surface area contributed by atoms with Gasteiger partial charge in [-0.25, -0.2) is 0 Å². The van der Waals surface area contributed by atoms with Crippen LogP contribution in [0.15, 0.2) is 23.2 Å². The van der Waals surface area contributed by atoms with E-state index in [4.69, 9.17) is 28.9 Å². The average Bonchev–Trinajstić information content (AvgIpc) is 3.10. The molecule has 0 radical (unpaired) electrons. The molecule has 1 saturated carbocycles. The molecule has 1 aromatic rings. The van der Waals surface area contributed by atoms with Crippen LogP contribution in [0.5, 0.6) is 0 Å². The Morgan fingerprint density at radius 2 is 2.17 bits per heavy atom. The van der Waals surface area contributed by atoms with Crippen molar-refractivity contribution in [1.29, 1.82) is 0 Å². The Morgan fingerprint density at radius 1 is 1.39 bits per heavy atom. The van der Waals surface area contributed by atoms with Crippen molar-refractivity contribution in [2.24, 2.45) is 10.7 Å². The molecule has 1 fully saturated rings. The van der Waals surface area contributed by atoms with Crippen LogP contribution >= 0.6 is 23.2 Å². The van der Waals surface area contributed by atoms with E-state index in [-0.39, 0.29) is 0 Å². The molecule has 2 rings (SSSR count). The van der Waals surface area contributed by atoms with Crippen molar-refractivity contribution in [2.75, 3.05) is 6.54 Å². The molecule has 1 aliphatic rings. The van der Waals surface area contributed by atoms with E-state index in [0.29, 0.717) is 23.6 Å². The van der Waals surface area contributed by atoms with Gasteiger partial charge < -0.3 is 11.1 Å². The topological polar surface area (TPSA) is 50.4 Å². The smallest absolute Gasteiger partial charge is 0.188 e. The second-order valence-corrected chi connectivity index (χ2v) is 5.37. The minimum atomic E-state index is 0.555. The zero-order valence-electron chi connectivity index (χ0n) is 10.1. The Morgan fingerprint density at radius 3 is 2.83 bits per heavy atom. The lowest BCUT2D eigenvalue weighted by molar-refractivity contribution is 0.813. The fourth-order valence-electron chi connectivity index (χ4n) is 1.68. The summed E-state index contributed by atoms with van der Waals surface area (Å²) in [6.45, 7) is 0.713. The van der Waals surface area contributed by atoms with Gasteiger partial charge in [-0.1, -0.05) is 29.3 Å². The van der Waals surface area contributed by atoms with Crippen molar-refractivity contribution >= 4 is 29.2 Å². The summed E-state index contributed by atoms with van der Waals surface area (Å²) in [4.78, 5) is 4.28. The van der Waals surface area contributed by atoms with Gasteiger partial charge in [0.15, 0.2) is 5.96 Å². The fraction of sp³-hybridized carbons (Fsp3) is 0.462. The van der Waals surface area contributed by atoms with E-state index in [1.807, 2.05) is 12.1 Å². The maximum Gasteiger partial charge on any atom is 0.188 e. The van der Waals surface area contributed by atoms with Crippen molar-refractivity contribution in [3.8, 4) is 0 Å². The summed E-state index contributed by atoms with van der Waals surface area (Å²) >= 11 is 11.9. The lowest BCUT2D eigenvalue weighted by Gasteiger charge is -2.05. The lowest BCUT2D eigenvalue weighted by atomic mass is 10.1. The quantitative estimate of drug-likeness (QED) is 0.496. The molecule has 0 aliphatic heterocycles. The molecule has 0 bridgehead atoms. The van der Waals surface area contributed by atoms with E-state index in [0.717, 1.165) is 23.4 Å². The second kappa shape index (κ2) is 6.30. The molecule has 0 spiro atoms. The van der Waals surface area contributed by atoms with Crippen LogP contribution in [-0.2, 0) is 6.42 Å². The zero-order valence-corrected chi connectivity index (χ0v) is 11.6. The van der Waals surface area contributed by atoms with E-state index < -0.39 is 0 Å². The van der Waals surface area contributed by atoms with Crippen LogP contribution in [0.25, 0.3) is 0 Å². The first-order valence-corrected chi connectivity index (χ1v) is 6.91. The molecule has 1 aromatic carbocycles. The minimum Gasteiger partial charge on any atom is -0.370 e. The molecule has 0 aromatic heterocycles. The fourth-order valence-corrected chi connectivity index (χ4v) is 2.18. The highest BCUT2D eigenvalue weighted by molar-refractivity contribution is 6.35. The number of benzene rings is 1. The first kappa shape index (κ1) is 13.5. The Balaban J connectivity index is 1.74. The first-order valence-electron chi connectivity index (χ1n) is 6.15. The number of hydrogen-bond acceptors (Lipinski definition) is 1. The first-order chi connectivity index (χ1) is 8.65. The van der Waals surface area contributed by atoms with Gasteiger partial charge in [0.05, 0.1) is 0 Å². The van der Waals surface area contributed by atoms with Crippen LogP contribution in [0.4, 0.5) is 0 Å². The molecule has 0 atom stereocenters. The van der Waals surface area contributed by atoms with Gasteiger partial charge in [-0.15, -0.1) is 0 Å². The van der Waals surface area contributed by atoms with Gasteiger partial charge in [0.2, 0.25) is 0 Å². The number of halogens is 2. The highest BCUT2D eigenvalue weighted by Gasteiger charge is 2.21. The second-order valence-electron chi connectivity index (χ2n) is 4.52. The molecule has 0 saturated heterocycles. The molecule has 0 heterocycles. The van der Waals surface area contributed by atoms with E-state index in [1.165, 1.54) is 12.8 Å². The number of nitrogens with two attached hydrogens (primary N) is 1. The largest absolute Gasteiger partial charge is 0.370 e. The average molecular weight is 286 g/mol. The summed E-state index contributed by atoms with van der Waals surface area (Å²) < 4.78 is 0. The maximum atomic E-state index is 6.09. The van der Waals surface area contributed by atoms with Gasteiger partial charge in [-0.2, -0.15) is 0 Å². The molecule has 3 N–H and O–H groups in total. The van der Waals surface area contributed by atoms with Gasteiger partial charge >= 0.3 is 0 Å². The van der Waals surface area contributed by atoms with Gasteiger partial charge in [-0.3, -0.25) is 4.99 Å². The van der Waals surface area contributed by atoms with Gasteiger partial charge in [-0.05, 0) is 43.4 Å². The summed E-state index contributed by atoms with van der Waals surface area (Å²) in [5, 5.41) is 4.54. The number of nitrogens with one attached hydrogen (secondary N) is 1. The van der Waals surface area contributed by atoms with Crippen molar-refractivity contribution in [3.05, 3.63) is 33.8 Å². The highest BCUT2D eigenvalue weighted by atomic mass is 35.5. The number of aryl methyl sites for hydroxylation is 1.